The van der Waals surface area contributed by atoms with Crippen LogP contribution in [0.1, 0.15) is 26.2 Å². The Bertz CT molecular complexity index is 137. The van der Waals surface area contributed by atoms with Crippen molar-refractivity contribution in [2.24, 2.45) is 0 Å². The molecule has 0 N–H and O–H groups in total. The van der Waals surface area contributed by atoms with Gasteiger partial charge in [-0.25, -0.2) is 0 Å². The maximum absolute atomic E-state index is 8.44. The second kappa shape index (κ2) is 3.58. The molecule has 1 saturated heterocycles. The fourth-order valence-corrected chi connectivity index (χ4v) is 1.48. The van der Waals surface area contributed by atoms with E-state index < -0.39 is 0 Å². The van der Waals surface area contributed by atoms with Gasteiger partial charge in [0.25, 0.3) is 0 Å². The lowest BCUT2D eigenvalue weighted by atomic mass is 10.0. The molecule has 0 aromatic carbocycles. The lowest BCUT2D eigenvalue weighted by molar-refractivity contribution is 0.181. The van der Waals surface area contributed by atoms with Crippen LogP contribution in [0.25, 0.3) is 0 Å². The van der Waals surface area contributed by atoms with Crippen LogP contribution in [-0.4, -0.2) is 24.0 Å². The summed E-state index contributed by atoms with van der Waals surface area (Å²) in [6.45, 7) is 3.94. The van der Waals surface area contributed by atoms with Crippen LogP contribution in [0.5, 0.6) is 0 Å². The van der Waals surface area contributed by atoms with E-state index in [1.807, 2.05) is 0 Å². The van der Waals surface area contributed by atoms with Crippen molar-refractivity contribution in [3.63, 3.8) is 0 Å². The zero-order valence-electron chi connectivity index (χ0n) is 6.51. The Balaban J connectivity index is 2.34. The molecule has 1 heterocycles. The summed E-state index contributed by atoms with van der Waals surface area (Å²) >= 11 is 0. The molecule has 1 rings (SSSR count). The molecular weight excluding hydrogens is 124 g/mol. The predicted molar refractivity (Wildman–Crippen MR) is 40.5 cm³/mol. The number of nitriles is 1. The van der Waals surface area contributed by atoms with Crippen LogP contribution in [0, 0.1) is 11.3 Å². The third-order valence-electron chi connectivity index (χ3n) is 2.21. The lowest BCUT2D eigenvalue weighted by Gasteiger charge is -2.30. The maximum Gasteiger partial charge on any atom is 0.0868 e. The van der Waals surface area contributed by atoms with Crippen LogP contribution in [0.3, 0.4) is 0 Å². The van der Waals surface area contributed by atoms with Gasteiger partial charge in [0.1, 0.15) is 0 Å². The van der Waals surface area contributed by atoms with Gasteiger partial charge in [0.2, 0.25) is 0 Å². The van der Waals surface area contributed by atoms with Crippen molar-refractivity contribution in [3.8, 4) is 6.07 Å². The fourth-order valence-electron chi connectivity index (χ4n) is 1.48. The Morgan fingerprint density at radius 3 is 3.00 bits per heavy atom. The van der Waals surface area contributed by atoms with Gasteiger partial charge >= 0.3 is 0 Å². The van der Waals surface area contributed by atoms with Gasteiger partial charge in [-0.2, -0.15) is 5.26 Å². The van der Waals surface area contributed by atoms with Crippen molar-refractivity contribution in [1.82, 2.24) is 4.90 Å². The second-order valence-electron chi connectivity index (χ2n) is 2.97. The summed E-state index contributed by atoms with van der Waals surface area (Å²) in [6.07, 6.45) is 3.87. The van der Waals surface area contributed by atoms with Gasteiger partial charge in [-0.05, 0) is 26.3 Å². The Labute approximate surface area is 62.4 Å². The highest BCUT2D eigenvalue weighted by molar-refractivity contribution is 4.82. The molecule has 0 aromatic heterocycles. The summed E-state index contributed by atoms with van der Waals surface area (Å²) in [5.74, 6) is 0. The van der Waals surface area contributed by atoms with Gasteiger partial charge in [0.15, 0.2) is 0 Å². The summed E-state index contributed by atoms with van der Waals surface area (Å²) in [5, 5.41) is 8.44. The molecule has 1 aliphatic heterocycles. The van der Waals surface area contributed by atoms with Gasteiger partial charge in [-0.15, -0.1) is 0 Å². The molecule has 2 nitrogen and oxygen atoms in total. The quantitative estimate of drug-likeness (QED) is 0.512. The van der Waals surface area contributed by atoms with Crippen LogP contribution >= 0.6 is 0 Å². The number of likely N-dealkylation sites (tertiary alicyclic amines) is 1. The monoisotopic (exact) mass is 138 g/mol. The van der Waals surface area contributed by atoms with Crippen LogP contribution in [0.15, 0.2) is 0 Å². The van der Waals surface area contributed by atoms with Gasteiger partial charge < -0.3 is 0 Å². The first-order chi connectivity index (χ1) is 4.84. The van der Waals surface area contributed by atoms with Gasteiger partial charge in [0.05, 0.1) is 12.6 Å². The zero-order valence-corrected chi connectivity index (χ0v) is 6.51. The molecule has 1 atom stereocenters. The first-order valence-electron chi connectivity index (χ1n) is 3.95. The lowest BCUT2D eigenvalue weighted by Crippen LogP contribution is -2.37. The van der Waals surface area contributed by atoms with E-state index in [0.29, 0.717) is 12.6 Å². The number of hydrogen-bond donors (Lipinski definition) is 0. The largest absolute Gasteiger partial charge is 0.288 e. The molecule has 1 fully saturated rings. The van der Waals surface area contributed by atoms with E-state index in [0.717, 1.165) is 6.54 Å². The van der Waals surface area contributed by atoms with Crippen LogP contribution in [-0.2, 0) is 0 Å². The molecule has 56 valence electrons. The molecule has 10 heavy (non-hydrogen) atoms. The summed E-state index contributed by atoms with van der Waals surface area (Å²) in [5.41, 5.74) is 0. The minimum Gasteiger partial charge on any atom is -0.288 e. The van der Waals surface area contributed by atoms with Crippen molar-refractivity contribution in [3.05, 3.63) is 0 Å². The van der Waals surface area contributed by atoms with E-state index >= 15 is 0 Å². The molecule has 0 amide bonds. The summed E-state index contributed by atoms with van der Waals surface area (Å²) < 4.78 is 0. The minimum atomic E-state index is 0.612. The van der Waals surface area contributed by atoms with E-state index in [9.17, 15) is 0 Å². The molecule has 0 spiro atoms. The molecule has 2 heteroatoms. The molecule has 0 saturated carbocycles. The Hall–Kier alpha value is -0.550. The molecule has 0 bridgehead atoms. The van der Waals surface area contributed by atoms with Gasteiger partial charge in [-0.3, -0.25) is 4.90 Å². The van der Waals surface area contributed by atoms with E-state index in [2.05, 4.69) is 17.9 Å². The fraction of sp³-hybridized carbons (Fsp3) is 0.875. The van der Waals surface area contributed by atoms with E-state index in [4.69, 9.17) is 5.26 Å². The van der Waals surface area contributed by atoms with E-state index in [-0.39, 0.29) is 0 Å². The average molecular weight is 138 g/mol. The van der Waals surface area contributed by atoms with Crippen molar-refractivity contribution in [2.45, 2.75) is 32.2 Å². The summed E-state index contributed by atoms with van der Waals surface area (Å²) in [4.78, 5) is 2.25. The van der Waals surface area contributed by atoms with Crippen LogP contribution in [0.2, 0.25) is 0 Å². The standard InChI is InChI=1S/C8H14N2/c1-8-4-2-3-6-10(8)7-5-9/h8H,2-4,6-7H2,1H3. The third kappa shape index (κ3) is 1.71. The summed E-state index contributed by atoms with van der Waals surface area (Å²) in [6, 6.07) is 2.83. The van der Waals surface area contributed by atoms with Crippen molar-refractivity contribution in [1.29, 1.82) is 5.26 Å². The van der Waals surface area contributed by atoms with Crippen LogP contribution < -0.4 is 0 Å². The Morgan fingerprint density at radius 2 is 2.40 bits per heavy atom. The Kier molecular flexibility index (Phi) is 2.70. The molecule has 1 unspecified atom stereocenters. The minimum absolute atomic E-state index is 0.612. The number of rotatable bonds is 1. The van der Waals surface area contributed by atoms with E-state index in [1.165, 1.54) is 19.3 Å². The highest BCUT2D eigenvalue weighted by Gasteiger charge is 2.16. The van der Waals surface area contributed by atoms with Crippen molar-refractivity contribution >= 4 is 0 Å². The number of hydrogen-bond acceptors (Lipinski definition) is 2. The molecule has 0 radical (unpaired) electrons. The smallest absolute Gasteiger partial charge is 0.0868 e. The first kappa shape index (κ1) is 7.56. The second-order valence-corrected chi connectivity index (χ2v) is 2.97. The van der Waals surface area contributed by atoms with E-state index in [1.54, 1.807) is 0 Å². The van der Waals surface area contributed by atoms with Gasteiger partial charge in [-0.1, -0.05) is 6.42 Å². The summed E-state index contributed by atoms with van der Waals surface area (Å²) in [7, 11) is 0. The maximum atomic E-state index is 8.44. The van der Waals surface area contributed by atoms with Crippen molar-refractivity contribution in [2.75, 3.05) is 13.1 Å². The molecule has 0 aromatic rings. The van der Waals surface area contributed by atoms with Crippen LogP contribution in [0.4, 0.5) is 0 Å². The topological polar surface area (TPSA) is 27.0 Å². The molecule has 1 aliphatic rings. The average Bonchev–Trinajstić information content (AvgIpc) is 1.94. The normalized spacial score (nSPS) is 27.8. The zero-order chi connectivity index (χ0) is 7.40. The predicted octanol–water partition coefficient (Wildman–Crippen LogP) is 1.38. The highest BCUT2D eigenvalue weighted by Crippen LogP contribution is 2.14. The molecular formula is C8H14N2. The molecule has 0 aliphatic carbocycles. The number of piperidine rings is 1. The van der Waals surface area contributed by atoms with Crippen molar-refractivity contribution < 1.29 is 0 Å². The third-order valence-corrected chi connectivity index (χ3v) is 2.21. The number of nitrogens with zero attached hydrogens (tertiary/aromatic N) is 2. The Morgan fingerprint density at radius 1 is 1.60 bits per heavy atom. The van der Waals surface area contributed by atoms with Gasteiger partial charge in [0, 0.05) is 6.04 Å². The first-order valence-corrected chi connectivity index (χ1v) is 3.95. The highest BCUT2D eigenvalue weighted by atomic mass is 15.1. The SMILES string of the molecule is CC1CCCCN1CC#N.